The molecule has 0 fully saturated rings. The minimum absolute atomic E-state index is 0.0696. The maximum absolute atomic E-state index is 13.2. The van der Waals surface area contributed by atoms with Gasteiger partial charge in [0.05, 0.1) is 10.0 Å². The molecule has 0 aliphatic heterocycles. The number of nitrogens with one attached hydrogen (secondary N) is 1. The normalized spacial score (nSPS) is 10.3. The molecule has 0 saturated heterocycles. The third-order valence-corrected chi connectivity index (χ3v) is 3.22. The van der Waals surface area contributed by atoms with E-state index >= 15 is 0 Å². The zero-order chi connectivity index (χ0) is 14.0. The molecule has 3 N–H and O–H groups in total. The zero-order valence-corrected chi connectivity index (χ0v) is 11.8. The van der Waals surface area contributed by atoms with Crippen molar-refractivity contribution in [2.45, 2.75) is 6.92 Å². The summed E-state index contributed by atoms with van der Waals surface area (Å²) in [5.41, 5.74) is 6.89. The van der Waals surface area contributed by atoms with Gasteiger partial charge in [0.25, 0.3) is 0 Å². The van der Waals surface area contributed by atoms with Crippen LogP contribution in [0.1, 0.15) is 11.1 Å². The van der Waals surface area contributed by atoms with Crippen LogP contribution in [0.15, 0.2) is 40.9 Å². The number of ether oxygens (including phenoxy) is 1. The van der Waals surface area contributed by atoms with Crippen molar-refractivity contribution < 1.29 is 9.13 Å². The molecule has 3 nitrogen and oxygen atoms in total. The average molecular weight is 323 g/mol. The van der Waals surface area contributed by atoms with Gasteiger partial charge in [-0.1, -0.05) is 12.1 Å². The van der Waals surface area contributed by atoms with Crippen LogP contribution >= 0.6 is 15.9 Å². The number of nitrogens with two attached hydrogens (primary N) is 1. The highest BCUT2D eigenvalue weighted by atomic mass is 79.9. The Bertz CT molecular complexity index is 643. The van der Waals surface area contributed by atoms with Gasteiger partial charge in [-0.2, -0.15) is 0 Å². The molecule has 0 atom stereocenters. The van der Waals surface area contributed by atoms with Crippen molar-refractivity contribution in [2.75, 3.05) is 0 Å². The highest BCUT2D eigenvalue weighted by Gasteiger charge is 2.11. The van der Waals surface area contributed by atoms with E-state index in [-0.39, 0.29) is 11.7 Å². The Balaban J connectivity index is 2.42. The molecule has 0 radical (unpaired) electrons. The maximum atomic E-state index is 13.2. The fraction of sp³-hybridized carbons (Fsp3) is 0.0714. The third-order valence-electron chi connectivity index (χ3n) is 2.61. The molecule has 0 spiro atoms. The van der Waals surface area contributed by atoms with Gasteiger partial charge in [0.2, 0.25) is 0 Å². The number of hydrogen-bond donors (Lipinski definition) is 2. The largest absolute Gasteiger partial charge is 0.456 e. The van der Waals surface area contributed by atoms with Crippen LogP contribution < -0.4 is 10.5 Å². The lowest BCUT2D eigenvalue weighted by atomic mass is 10.1. The first-order valence-electron chi connectivity index (χ1n) is 5.56. The Hall–Kier alpha value is -1.88. The summed E-state index contributed by atoms with van der Waals surface area (Å²) in [6.45, 7) is 1.86. The number of halogens is 2. The number of nitrogen functional groups attached to an aromatic ring is 1. The standard InChI is InChI=1S/C14H12BrFN2O/c1-8-3-2-4-10(14(17)18)13(8)19-9-5-6-12(16)11(15)7-9/h2-7H,1H3,(H3,17,18). The van der Waals surface area contributed by atoms with E-state index in [4.69, 9.17) is 15.9 Å². The van der Waals surface area contributed by atoms with Gasteiger partial charge in [-0.3, -0.25) is 5.41 Å². The van der Waals surface area contributed by atoms with Gasteiger partial charge < -0.3 is 10.5 Å². The van der Waals surface area contributed by atoms with Crippen molar-refractivity contribution >= 4 is 21.8 Å². The van der Waals surface area contributed by atoms with E-state index in [1.165, 1.54) is 18.2 Å². The number of rotatable bonds is 3. The van der Waals surface area contributed by atoms with Gasteiger partial charge in [-0.25, -0.2) is 4.39 Å². The molecular weight excluding hydrogens is 311 g/mol. The van der Waals surface area contributed by atoms with Crippen LogP contribution in [0.5, 0.6) is 11.5 Å². The SMILES string of the molecule is Cc1cccc(C(=N)N)c1Oc1ccc(F)c(Br)c1. The minimum Gasteiger partial charge on any atom is -0.456 e. The molecular formula is C14H12BrFN2O. The number of benzene rings is 2. The molecule has 0 aliphatic carbocycles. The van der Waals surface area contributed by atoms with Gasteiger partial charge in [0, 0.05) is 0 Å². The predicted octanol–water partition coefficient (Wildman–Crippen LogP) is 3.97. The summed E-state index contributed by atoms with van der Waals surface area (Å²) in [7, 11) is 0. The van der Waals surface area contributed by atoms with Gasteiger partial charge in [-0.15, -0.1) is 0 Å². The topological polar surface area (TPSA) is 59.1 Å². The molecule has 0 aromatic heterocycles. The van der Waals surface area contributed by atoms with Crippen LogP contribution in [0.25, 0.3) is 0 Å². The molecule has 0 saturated carbocycles. The summed E-state index contributed by atoms with van der Waals surface area (Å²) in [6, 6.07) is 9.75. The average Bonchev–Trinajstić information content (AvgIpc) is 2.36. The number of amidine groups is 1. The van der Waals surface area contributed by atoms with Gasteiger partial charge in [-0.05, 0) is 52.7 Å². The second-order valence-electron chi connectivity index (χ2n) is 4.04. The van der Waals surface area contributed by atoms with Crippen LogP contribution in [0.2, 0.25) is 0 Å². The molecule has 2 rings (SSSR count). The number of para-hydroxylation sites is 1. The van der Waals surface area contributed by atoms with E-state index in [1.54, 1.807) is 12.1 Å². The van der Waals surface area contributed by atoms with Crippen molar-refractivity contribution in [3.8, 4) is 11.5 Å². The Morgan fingerprint density at radius 2 is 2.05 bits per heavy atom. The van der Waals surface area contributed by atoms with Crippen molar-refractivity contribution in [1.29, 1.82) is 5.41 Å². The monoisotopic (exact) mass is 322 g/mol. The van der Waals surface area contributed by atoms with Gasteiger partial charge in [0.1, 0.15) is 23.2 Å². The highest BCUT2D eigenvalue weighted by Crippen LogP contribution is 2.31. The van der Waals surface area contributed by atoms with Crippen LogP contribution in [-0.4, -0.2) is 5.84 Å². The first kappa shape index (κ1) is 13.5. The Labute approximate surface area is 118 Å². The van der Waals surface area contributed by atoms with E-state index in [0.717, 1.165) is 5.56 Å². The molecule has 98 valence electrons. The van der Waals surface area contributed by atoms with Crippen LogP contribution in [0.3, 0.4) is 0 Å². The molecule has 5 heteroatoms. The molecule has 0 heterocycles. The lowest BCUT2D eigenvalue weighted by molar-refractivity contribution is 0.475. The van der Waals surface area contributed by atoms with Crippen molar-refractivity contribution in [3.63, 3.8) is 0 Å². The first-order valence-corrected chi connectivity index (χ1v) is 6.35. The summed E-state index contributed by atoms with van der Waals surface area (Å²) in [6.07, 6.45) is 0. The summed E-state index contributed by atoms with van der Waals surface area (Å²) in [5.74, 6) is 0.558. The predicted molar refractivity (Wildman–Crippen MR) is 76.4 cm³/mol. The maximum Gasteiger partial charge on any atom is 0.141 e. The fourth-order valence-electron chi connectivity index (χ4n) is 1.66. The van der Waals surface area contributed by atoms with E-state index in [9.17, 15) is 4.39 Å². The summed E-state index contributed by atoms with van der Waals surface area (Å²) in [5, 5.41) is 7.54. The Morgan fingerprint density at radius 1 is 1.32 bits per heavy atom. The summed E-state index contributed by atoms with van der Waals surface area (Å²) >= 11 is 3.10. The molecule has 0 amide bonds. The van der Waals surface area contributed by atoms with Crippen LogP contribution in [0, 0.1) is 18.2 Å². The molecule has 2 aromatic carbocycles. The van der Waals surface area contributed by atoms with Crippen molar-refractivity contribution in [3.05, 3.63) is 57.8 Å². The Morgan fingerprint density at radius 3 is 2.68 bits per heavy atom. The first-order chi connectivity index (χ1) is 8.99. The number of aryl methyl sites for hydroxylation is 1. The highest BCUT2D eigenvalue weighted by molar-refractivity contribution is 9.10. The van der Waals surface area contributed by atoms with E-state index in [2.05, 4.69) is 15.9 Å². The molecule has 0 aliphatic rings. The second kappa shape index (κ2) is 5.40. The van der Waals surface area contributed by atoms with Crippen molar-refractivity contribution in [2.24, 2.45) is 5.73 Å². The zero-order valence-electron chi connectivity index (χ0n) is 10.2. The van der Waals surface area contributed by atoms with E-state index < -0.39 is 0 Å². The fourth-order valence-corrected chi connectivity index (χ4v) is 2.02. The van der Waals surface area contributed by atoms with E-state index in [0.29, 0.717) is 21.5 Å². The van der Waals surface area contributed by atoms with Crippen LogP contribution in [-0.2, 0) is 0 Å². The molecule has 2 aromatic rings. The molecule has 19 heavy (non-hydrogen) atoms. The number of hydrogen-bond acceptors (Lipinski definition) is 2. The molecule has 0 bridgehead atoms. The van der Waals surface area contributed by atoms with Gasteiger partial charge in [0.15, 0.2) is 0 Å². The smallest absolute Gasteiger partial charge is 0.141 e. The van der Waals surface area contributed by atoms with Crippen molar-refractivity contribution in [1.82, 2.24) is 0 Å². The third kappa shape index (κ3) is 2.93. The van der Waals surface area contributed by atoms with E-state index in [1.807, 2.05) is 13.0 Å². The Kier molecular flexibility index (Phi) is 3.85. The lowest BCUT2D eigenvalue weighted by Crippen LogP contribution is -2.12. The van der Waals surface area contributed by atoms with Crippen LogP contribution in [0.4, 0.5) is 4.39 Å². The van der Waals surface area contributed by atoms with Gasteiger partial charge >= 0.3 is 0 Å². The lowest BCUT2D eigenvalue weighted by Gasteiger charge is -2.13. The summed E-state index contributed by atoms with van der Waals surface area (Å²) in [4.78, 5) is 0. The minimum atomic E-state index is -0.357. The quantitative estimate of drug-likeness (QED) is 0.663. The second-order valence-corrected chi connectivity index (χ2v) is 4.90. The summed E-state index contributed by atoms with van der Waals surface area (Å²) < 4.78 is 19.2. The molecule has 0 unspecified atom stereocenters.